The van der Waals surface area contributed by atoms with Gasteiger partial charge >= 0.3 is 0 Å². The third-order valence-corrected chi connectivity index (χ3v) is 5.57. The van der Waals surface area contributed by atoms with Crippen LogP contribution in [-0.2, 0) is 16.6 Å². The van der Waals surface area contributed by atoms with Crippen LogP contribution in [0.5, 0.6) is 0 Å². The van der Waals surface area contributed by atoms with Gasteiger partial charge in [0.15, 0.2) is 0 Å². The van der Waals surface area contributed by atoms with Gasteiger partial charge in [0, 0.05) is 17.7 Å². The highest BCUT2D eigenvalue weighted by Crippen LogP contribution is 2.43. The van der Waals surface area contributed by atoms with Crippen molar-refractivity contribution in [2.75, 3.05) is 5.32 Å². The molecule has 138 valence electrons. The first-order chi connectivity index (χ1) is 13.7. The molecule has 1 N–H and O–H groups in total. The van der Waals surface area contributed by atoms with Crippen LogP contribution in [0.25, 0.3) is 0 Å². The van der Waals surface area contributed by atoms with Gasteiger partial charge in [-0.05, 0) is 48.6 Å². The van der Waals surface area contributed by atoms with Crippen molar-refractivity contribution in [2.24, 2.45) is 0 Å². The van der Waals surface area contributed by atoms with Crippen LogP contribution in [0.2, 0.25) is 0 Å². The fraction of sp³-hybridized carbons (Fsp3) is 0.192. The van der Waals surface area contributed by atoms with Crippen molar-refractivity contribution in [3.05, 3.63) is 101 Å². The number of aryl methyl sites for hydroxylation is 2. The Kier molecular flexibility index (Phi) is 5.00. The van der Waals surface area contributed by atoms with Crippen LogP contribution in [-0.4, -0.2) is 5.91 Å². The van der Waals surface area contributed by atoms with E-state index >= 15 is 0 Å². The van der Waals surface area contributed by atoms with E-state index in [1.165, 1.54) is 5.56 Å². The van der Waals surface area contributed by atoms with Crippen molar-refractivity contribution in [3.8, 4) is 11.8 Å². The van der Waals surface area contributed by atoms with Crippen LogP contribution < -0.4 is 5.32 Å². The number of amides is 1. The quantitative estimate of drug-likeness (QED) is 0.628. The van der Waals surface area contributed by atoms with E-state index < -0.39 is 5.41 Å². The number of para-hydroxylation sites is 1. The normalized spacial score (nSPS) is 17.4. The van der Waals surface area contributed by atoms with E-state index in [0.717, 1.165) is 35.2 Å². The van der Waals surface area contributed by atoms with Gasteiger partial charge in [-0.1, -0.05) is 78.6 Å². The molecule has 0 radical (unpaired) electrons. The molecule has 0 saturated heterocycles. The van der Waals surface area contributed by atoms with E-state index in [-0.39, 0.29) is 5.91 Å². The minimum Gasteiger partial charge on any atom is -0.325 e. The number of hydrogen-bond donors (Lipinski definition) is 1. The average molecular weight is 365 g/mol. The summed E-state index contributed by atoms with van der Waals surface area (Å²) in [5.41, 5.74) is 4.79. The highest BCUT2D eigenvalue weighted by Gasteiger charge is 2.45. The topological polar surface area (TPSA) is 29.1 Å². The molecule has 1 heterocycles. The predicted octanol–water partition coefficient (Wildman–Crippen LogP) is 5.26. The molecule has 1 aliphatic rings. The maximum absolute atomic E-state index is 13.1. The van der Waals surface area contributed by atoms with Gasteiger partial charge in [0.1, 0.15) is 0 Å². The summed E-state index contributed by atoms with van der Waals surface area (Å²) >= 11 is 0. The first kappa shape index (κ1) is 18.1. The summed E-state index contributed by atoms with van der Waals surface area (Å²) in [4.78, 5) is 13.1. The van der Waals surface area contributed by atoms with Crippen molar-refractivity contribution in [2.45, 2.75) is 31.6 Å². The second kappa shape index (κ2) is 7.74. The molecule has 0 saturated carbocycles. The Hall–Kier alpha value is -3.31. The minimum absolute atomic E-state index is 0.0590. The lowest BCUT2D eigenvalue weighted by Gasteiger charge is -2.25. The Morgan fingerprint density at radius 3 is 2.43 bits per heavy atom. The summed E-state index contributed by atoms with van der Waals surface area (Å²) in [5.74, 6) is 6.67. The van der Waals surface area contributed by atoms with Gasteiger partial charge < -0.3 is 5.32 Å². The van der Waals surface area contributed by atoms with Crippen LogP contribution >= 0.6 is 0 Å². The van der Waals surface area contributed by atoms with Gasteiger partial charge in [-0.2, -0.15) is 0 Å². The highest BCUT2D eigenvalue weighted by molar-refractivity contribution is 6.06. The standard InChI is InChI=1S/C26H23NO/c1-20-10-5-6-13-22(20)14-9-18-26(19-17-21-11-3-2-4-12-21)23-15-7-8-16-24(23)27-25(26)28/h2-8,10-13,15-16H,17-19H2,1H3,(H,27,28)/t26-/m0/s1. The molecule has 1 amide bonds. The van der Waals surface area contributed by atoms with Crippen LogP contribution in [0.15, 0.2) is 78.9 Å². The van der Waals surface area contributed by atoms with Gasteiger partial charge in [0.25, 0.3) is 0 Å². The lowest BCUT2D eigenvalue weighted by atomic mass is 9.74. The van der Waals surface area contributed by atoms with Gasteiger partial charge in [-0.3, -0.25) is 4.79 Å². The van der Waals surface area contributed by atoms with Gasteiger partial charge in [-0.15, -0.1) is 0 Å². The molecule has 0 aromatic heterocycles. The molecule has 3 aromatic carbocycles. The first-order valence-corrected chi connectivity index (χ1v) is 9.68. The molecular weight excluding hydrogens is 342 g/mol. The van der Waals surface area contributed by atoms with Gasteiger partial charge in [-0.25, -0.2) is 0 Å². The third-order valence-electron chi connectivity index (χ3n) is 5.57. The molecule has 28 heavy (non-hydrogen) atoms. The molecule has 0 bridgehead atoms. The SMILES string of the molecule is Cc1ccccc1C#CC[C@@]1(CCc2ccccc2)C(=O)Nc2ccccc21. The zero-order valence-electron chi connectivity index (χ0n) is 16.0. The summed E-state index contributed by atoms with van der Waals surface area (Å²) < 4.78 is 0. The average Bonchev–Trinajstić information content (AvgIpc) is 3.00. The molecule has 0 unspecified atom stereocenters. The third kappa shape index (κ3) is 3.44. The molecule has 4 rings (SSSR count). The number of carbonyl (C=O) groups is 1. The monoisotopic (exact) mass is 365 g/mol. The number of benzene rings is 3. The van der Waals surface area contributed by atoms with E-state index in [1.54, 1.807) is 0 Å². The number of hydrogen-bond acceptors (Lipinski definition) is 1. The van der Waals surface area contributed by atoms with Crippen LogP contribution in [0.4, 0.5) is 5.69 Å². The second-order valence-electron chi connectivity index (χ2n) is 7.36. The summed E-state index contributed by atoms with van der Waals surface area (Å²) in [6.07, 6.45) is 2.09. The maximum Gasteiger partial charge on any atom is 0.236 e. The summed E-state index contributed by atoms with van der Waals surface area (Å²) in [6.45, 7) is 2.06. The van der Waals surface area contributed by atoms with Crippen molar-refractivity contribution in [1.82, 2.24) is 0 Å². The number of rotatable bonds is 4. The molecule has 0 aliphatic carbocycles. The summed E-state index contributed by atoms with van der Waals surface area (Å²) in [6, 6.07) is 26.5. The number of carbonyl (C=O) groups excluding carboxylic acids is 1. The largest absolute Gasteiger partial charge is 0.325 e. The molecule has 0 spiro atoms. The lowest BCUT2D eigenvalue weighted by Crippen LogP contribution is -2.34. The zero-order valence-corrected chi connectivity index (χ0v) is 16.0. The second-order valence-corrected chi connectivity index (χ2v) is 7.36. The Balaban J connectivity index is 1.67. The van der Waals surface area contributed by atoms with E-state index in [2.05, 4.69) is 48.3 Å². The Labute approximate surface area is 166 Å². The zero-order chi connectivity index (χ0) is 19.4. The Morgan fingerprint density at radius 2 is 1.61 bits per heavy atom. The maximum atomic E-state index is 13.1. The van der Waals surface area contributed by atoms with E-state index in [4.69, 9.17) is 0 Å². The summed E-state index contributed by atoms with van der Waals surface area (Å²) in [5, 5.41) is 3.08. The van der Waals surface area contributed by atoms with Crippen LogP contribution in [0.3, 0.4) is 0 Å². The molecule has 2 nitrogen and oxygen atoms in total. The predicted molar refractivity (Wildman–Crippen MR) is 114 cm³/mol. The number of anilines is 1. The van der Waals surface area contributed by atoms with Gasteiger partial charge in [0.05, 0.1) is 5.41 Å². The molecular formula is C26H23NO. The van der Waals surface area contributed by atoms with E-state index in [1.807, 2.05) is 54.6 Å². The smallest absolute Gasteiger partial charge is 0.236 e. The van der Waals surface area contributed by atoms with Gasteiger partial charge in [0.2, 0.25) is 5.91 Å². The van der Waals surface area contributed by atoms with E-state index in [0.29, 0.717) is 6.42 Å². The van der Waals surface area contributed by atoms with Crippen molar-refractivity contribution in [1.29, 1.82) is 0 Å². The Morgan fingerprint density at radius 1 is 0.893 bits per heavy atom. The first-order valence-electron chi connectivity index (χ1n) is 9.68. The molecule has 1 aliphatic heterocycles. The fourth-order valence-corrected chi connectivity index (χ4v) is 3.89. The van der Waals surface area contributed by atoms with Crippen molar-refractivity contribution >= 4 is 11.6 Å². The summed E-state index contributed by atoms with van der Waals surface area (Å²) in [7, 11) is 0. The van der Waals surface area contributed by atoms with Crippen LogP contribution in [0, 0.1) is 18.8 Å². The van der Waals surface area contributed by atoms with E-state index in [9.17, 15) is 4.79 Å². The van der Waals surface area contributed by atoms with Crippen molar-refractivity contribution in [3.63, 3.8) is 0 Å². The number of nitrogens with one attached hydrogen (secondary N) is 1. The lowest BCUT2D eigenvalue weighted by molar-refractivity contribution is -0.120. The molecule has 3 aromatic rings. The van der Waals surface area contributed by atoms with Crippen molar-refractivity contribution < 1.29 is 4.79 Å². The highest BCUT2D eigenvalue weighted by atomic mass is 16.2. The molecule has 0 fully saturated rings. The Bertz CT molecular complexity index is 1060. The molecule has 1 atom stereocenters. The fourth-order valence-electron chi connectivity index (χ4n) is 3.89. The van der Waals surface area contributed by atoms with Crippen LogP contribution in [0.1, 0.15) is 35.1 Å². The minimum atomic E-state index is -0.609. The molecule has 2 heteroatoms. The number of fused-ring (bicyclic) bond motifs is 1.